The first kappa shape index (κ1) is 12.2. The van der Waals surface area contributed by atoms with E-state index in [1.54, 1.807) is 12.3 Å². The minimum absolute atomic E-state index is 0.520. The van der Waals surface area contributed by atoms with Crippen molar-refractivity contribution in [3.05, 3.63) is 72.9 Å². The highest BCUT2D eigenvalue weighted by Gasteiger charge is 2.04. The number of rotatable bonds is 3. The molecule has 0 unspecified atom stereocenters. The number of hydrogen-bond acceptors (Lipinski definition) is 3. The molecule has 1 aromatic heterocycles. The Balaban J connectivity index is 1.96. The third kappa shape index (κ3) is 2.62. The molecule has 0 spiro atoms. The summed E-state index contributed by atoms with van der Waals surface area (Å²) in [6, 6.07) is 22.2. The molecule has 98 valence electrons. The lowest BCUT2D eigenvalue weighted by Gasteiger charge is -2.12. The summed E-state index contributed by atoms with van der Waals surface area (Å²) < 4.78 is 0. The van der Waals surface area contributed by atoms with Gasteiger partial charge in [0, 0.05) is 11.3 Å². The van der Waals surface area contributed by atoms with E-state index in [0.29, 0.717) is 5.82 Å². The molecule has 0 radical (unpaired) electrons. The zero-order chi connectivity index (χ0) is 13.8. The van der Waals surface area contributed by atoms with Crippen LogP contribution in [-0.2, 0) is 0 Å². The van der Waals surface area contributed by atoms with Crippen LogP contribution >= 0.6 is 0 Å². The third-order valence-electron chi connectivity index (χ3n) is 3.08. The van der Waals surface area contributed by atoms with Gasteiger partial charge in [-0.05, 0) is 23.8 Å². The molecular formula is C17H15N3. The summed E-state index contributed by atoms with van der Waals surface area (Å²) in [5.74, 6) is 0.520. The van der Waals surface area contributed by atoms with Gasteiger partial charge < -0.3 is 11.1 Å². The fraction of sp³-hybridized carbons (Fsp3) is 0. The first-order valence-corrected chi connectivity index (χ1v) is 6.46. The molecule has 2 aromatic carbocycles. The van der Waals surface area contributed by atoms with Crippen LogP contribution in [0, 0.1) is 0 Å². The summed E-state index contributed by atoms with van der Waals surface area (Å²) in [6.07, 6.45) is 1.73. The van der Waals surface area contributed by atoms with Gasteiger partial charge in [0.1, 0.15) is 5.82 Å². The third-order valence-corrected chi connectivity index (χ3v) is 3.08. The topological polar surface area (TPSA) is 50.9 Å². The highest BCUT2D eigenvalue weighted by atomic mass is 14.9. The Hall–Kier alpha value is -2.81. The molecule has 3 nitrogen and oxygen atoms in total. The minimum Gasteiger partial charge on any atom is -0.384 e. The summed E-state index contributed by atoms with van der Waals surface area (Å²) in [7, 11) is 0. The second-order valence-electron chi connectivity index (χ2n) is 4.51. The van der Waals surface area contributed by atoms with Crippen molar-refractivity contribution in [1.82, 2.24) is 4.98 Å². The number of nitrogens with two attached hydrogens (primary N) is 1. The van der Waals surface area contributed by atoms with E-state index in [4.69, 9.17) is 5.73 Å². The highest BCUT2D eigenvalue weighted by Crippen LogP contribution is 2.29. The van der Waals surface area contributed by atoms with Crippen LogP contribution in [0.2, 0.25) is 0 Å². The van der Waals surface area contributed by atoms with E-state index in [2.05, 4.69) is 34.6 Å². The summed E-state index contributed by atoms with van der Waals surface area (Å²) in [5.41, 5.74) is 9.90. The molecule has 0 saturated carbocycles. The van der Waals surface area contributed by atoms with Crippen LogP contribution in [-0.4, -0.2) is 4.98 Å². The Morgan fingerprint density at radius 1 is 0.800 bits per heavy atom. The summed E-state index contributed by atoms with van der Waals surface area (Å²) in [5, 5.41) is 3.38. The average molecular weight is 261 g/mol. The van der Waals surface area contributed by atoms with Gasteiger partial charge in [-0.25, -0.2) is 4.98 Å². The lowest BCUT2D eigenvalue weighted by Crippen LogP contribution is -1.95. The van der Waals surface area contributed by atoms with E-state index < -0.39 is 0 Å². The van der Waals surface area contributed by atoms with Crippen molar-refractivity contribution in [2.75, 3.05) is 11.1 Å². The largest absolute Gasteiger partial charge is 0.384 e. The fourth-order valence-electron chi connectivity index (χ4n) is 2.10. The first-order chi connectivity index (χ1) is 9.83. The van der Waals surface area contributed by atoms with Crippen molar-refractivity contribution in [1.29, 1.82) is 0 Å². The molecular weight excluding hydrogens is 246 g/mol. The molecule has 0 amide bonds. The fourth-order valence-corrected chi connectivity index (χ4v) is 2.10. The number of nitrogen functional groups attached to an aromatic ring is 1. The molecule has 20 heavy (non-hydrogen) atoms. The van der Waals surface area contributed by atoms with Gasteiger partial charge in [-0.2, -0.15) is 0 Å². The number of nitrogens with one attached hydrogen (secondary N) is 1. The van der Waals surface area contributed by atoms with Gasteiger partial charge in [0.15, 0.2) is 0 Å². The molecule has 3 N–H and O–H groups in total. The molecule has 3 aromatic rings. The van der Waals surface area contributed by atoms with Crippen LogP contribution < -0.4 is 11.1 Å². The number of para-hydroxylation sites is 1. The lowest BCUT2D eigenvalue weighted by molar-refractivity contribution is 1.33. The van der Waals surface area contributed by atoms with Gasteiger partial charge in [-0.1, -0.05) is 48.5 Å². The number of pyridine rings is 1. The number of aromatic nitrogens is 1. The number of anilines is 3. The summed E-state index contributed by atoms with van der Waals surface area (Å²) >= 11 is 0. The van der Waals surface area contributed by atoms with Gasteiger partial charge in [0.2, 0.25) is 0 Å². The van der Waals surface area contributed by atoms with Crippen LogP contribution in [0.5, 0.6) is 0 Å². The van der Waals surface area contributed by atoms with E-state index in [1.165, 1.54) is 5.56 Å². The minimum atomic E-state index is 0.520. The maximum absolute atomic E-state index is 5.60. The molecule has 0 aliphatic carbocycles. The van der Waals surface area contributed by atoms with Gasteiger partial charge >= 0.3 is 0 Å². The molecule has 1 heterocycles. The zero-order valence-corrected chi connectivity index (χ0v) is 11.0. The van der Waals surface area contributed by atoms with Crippen molar-refractivity contribution in [3.8, 4) is 11.1 Å². The van der Waals surface area contributed by atoms with Crippen molar-refractivity contribution in [3.63, 3.8) is 0 Å². The van der Waals surface area contributed by atoms with Crippen LogP contribution in [0.25, 0.3) is 11.1 Å². The predicted octanol–water partition coefficient (Wildman–Crippen LogP) is 4.07. The monoisotopic (exact) mass is 261 g/mol. The van der Waals surface area contributed by atoms with E-state index in [1.807, 2.05) is 36.4 Å². The van der Waals surface area contributed by atoms with Gasteiger partial charge in [0.05, 0.1) is 11.9 Å². The normalized spacial score (nSPS) is 10.2. The smallest absolute Gasteiger partial charge is 0.123 e. The first-order valence-electron chi connectivity index (χ1n) is 6.46. The van der Waals surface area contributed by atoms with E-state index in [-0.39, 0.29) is 0 Å². The molecule has 3 heteroatoms. The molecule has 3 rings (SSSR count). The Morgan fingerprint density at radius 3 is 2.30 bits per heavy atom. The standard InChI is InChI=1S/C17H15N3/c18-17-11-10-14(12-19-17)20-16-9-5-4-8-15(16)13-6-2-1-3-7-13/h1-12,20H,(H2,18,19). The number of hydrogen-bond donors (Lipinski definition) is 2. The van der Waals surface area contributed by atoms with Crippen molar-refractivity contribution in [2.45, 2.75) is 0 Å². The van der Waals surface area contributed by atoms with Gasteiger partial charge in [-0.3, -0.25) is 0 Å². The Kier molecular flexibility index (Phi) is 3.33. The predicted molar refractivity (Wildman–Crippen MR) is 83.8 cm³/mol. The van der Waals surface area contributed by atoms with E-state index >= 15 is 0 Å². The maximum Gasteiger partial charge on any atom is 0.123 e. The zero-order valence-electron chi connectivity index (χ0n) is 11.0. The second kappa shape index (κ2) is 5.45. The molecule has 0 saturated heterocycles. The van der Waals surface area contributed by atoms with Gasteiger partial charge in [-0.15, -0.1) is 0 Å². The quantitative estimate of drug-likeness (QED) is 0.747. The number of nitrogens with zero attached hydrogens (tertiary/aromatic N) is 1. The van der Waals surface area contributed by atoms with Crippen LogP contribution in [0.3, 0.4) is 0 Å². The lowest BCUT2D eigenvalue weighted by atomic mass is 10.0. The Bertz CT molecular complexity index is 691. The van der Waals surface area contributed by atoms with Crippen LogP contribution in [0.1, 0.15) is 0 Å². The average Bonchev–Trinajstić information content (AvgIpc) is 2.51. The molecule has 0 fully saturated rings. The maximum atomic E-state index is 5.60. The van der Waals surface area contributed by atoms with E-state index in [0.717, 1.165) is 16.9 Å². The van der Waals surface area contributed by atoms with Crippen LogP contribution in [0.4, 0.5) is 17.2 Å². The molecule has 0 atom stereocenters. The highest BCUT2D eigenvalue weighted by molar-refractivity contribution is 5.80. The van der Waals surface area contributed by atoms with E-state index in [9.17, 15) is 0 Å². The molecule has 0 bridgehead atoms. The Morgan fingerprint density at radius 2 is 1.55 bits per heavy atom. The SMILES string of the molecule is Nc1ccc(Nc2ccccc2-c2ccccc2)cn1. The summed E-state index contributed by atoms with van der Waals surface area (Å²) in [4.78, 5) is 4.09. The van der Waals surface area contributed by atoms with Crippen molar-refractivity contribution < 1.29 is 0 Å². The second-order valence-corrected chi connectivity index (χ2v) is 4.51. The molecule has 0 aliphatic heterocycles. The van der Waals surface area contributed by atoms with Crippen molar-refractivity contribution in [2.24, 2.45) is 0 Å². The van der Waals surface area contributed by atoms with Crippen molar-refractivity contribution >= 4 is 17.2 Å². The Labute approximate surface area is 118 Å². The van der Waals surface area contributed by atoms with Gasteiger partial charge in [0.25, 0.3) is 0 Å². The van der Waals surface area contributed by atoms with Crippen LogP contribution in [0.15, 0.2) is 72.9 Å². The number of benzene rings is 2. The summed E-state index contributed by atoms with van der Waals surface area (Å²) in [6.45, 7) is 0. The molecule has 0 aliphatic rings.